The Balaban J connectivity index is 2.50. The molecule has 0 aliphatic heterocycles. The van der Waals surface area contributed by atoms with E-state index in [2.05, 4.69) is 5.10 Å². The Bertz CT molecular complexity index is 713. The van der Waals surface area contributed by atoms with Gasteiger partial charge in [0, 0.05) is 0 Å². The third kappa shape index (κ3) is 2.39. The van der Waals surface area contributed by atoms with Gasteiger partial charge < -0.3 is 15.3 Å². The Labute approximate surface area is 114 Å². The van der Waals surface area contributed by atoms with Crippen molar-refractivity contribution < 1.29 is 9.52 Å². The Morgan fingerprint density at radius 3 is 2.90 bits per heavy atom. The molecular weight excluding hydrogens is 258 g/mol. The maximum absolute atomic E-state index is 9.14. The molecule has 100 valence electrons. The van der Waals surface area contributed by atoms with Crippen molar-refractivity contribution in [1.29, 1.82) is 10.5 Å². The summed E-state index contributed by atoms with van der Waals surface area (Å²) in [6.07, 6.45) is 2.88. The summed E-state index contributed by atoms with van der Waals surface area (Å²) in [7, 11) is 0. The first kappa shape index (κ1) is 13.4. The van der Waals surface area contributed by atoms with E-state index in [-0.39, 0.29) is 35.8 Å². The number of nitriles is 2. The number of hydrogen-bond donors (Lipinski definition) is 2. The van der Waals surface area contributed by atoms with Gasteiger partial charge in [0.2, 0.25) is 0 Å². The third-order valence-corrected chi connectivity index (χ3v) is 2.63. The van der Waals surface area contributed by atoms with Crippen LogP contribution in [0.4, 0.5) is 5.82 Å². The molecule has 3 N–H and O–H groups in total. The van der Waals surface area contributed by atoms with Gasteiger partial charge in [0.15, 0.2) is 0 Å². The maximum atomic E-state index is 9.14. The van der Waals surface area contributed by atoms with E-state index in [0.717, 1.165) is 0 Å². The molecular formula is C13H11N5O2. The second-order valence-electron chi connectivity index (χ2n) is 3.85. The van der Waals surface area contributed by atoms with Gasteiger partial charge in [-0.15, -0.1) is 0 Å². The highest BCUT2D eigenvalue weighted by Gasteiger charge is 2.15. The predicted molar refractivity (Wildman–Crippen MR) is 70.6 cm³/mol. The van der Waals surface area contributed by atoms with Crippen LogP contribution in [0.5, 0.6) is 0 Å². The monoisotopic (exact) mass is 269 g/mol. The van der Waals surface area contributed by atoms with Crippen LogP contribution in [0.2, 0.25) is 0 Å². The van der Waals surface area contributed by atoms with Crippen LogP contribution < -0.4 is 5.73 Å². The van der Waals surface area contributed by atoms with E-state index >= 15 is 0 Å². The van der Waals surface area contributed by atoms with E-state index in [9.17, 15) is 0 Å². The van der Waals surface area contributed by atoms with Crippen LogP contribution >= 0.6 is 0 Å². The van der Waals surface area contributed by atoms with Crippen LogP contribution in [-0.2, 0) is 6.54 Å². The molecule has 0 saturated carbocycles. The van der Waals surface area contributed by atoms with E-state index in [0.29, 0.717) is 5.76 Å². The number of rotatable bonds is 4. The van der Waals surface area contributed by atoms with Gasteiger partial charge in [-0.2, -0.15) is 15.6 Å². The Kier molecular flexibility index (Phi) is 3.85. The Morgan fingerprint density at radius 1 is 1.55 bits per heavy atom. The third-order valence-electron chi connectivity index (χ3n) is 2.63. The first-order valence-electron chi connectivity index (χ1n) is 5.74. The fourth-order valence-corrected chi connectivity index (χ4v) is 1.70. The minimum atomic E-state index is -0.150. The molecule has 0 aromatic carbocycles. The summed E-state index contributed by atoms with van der Waals surface area (Å²) in [6, 6.07) is 7.22. The summed E-state index contributed by atoms with van der Waals surface area (Å²) in [4.78, 5) is 0. The van der Waals surface area contributed by atoms with E-state index in [1.807, 2.05) is 12.1 Å². The van der Waals surface area contributed by atoms with Crippen LogP contribution in [0, 0.1) is 22.7 Å². The molecule has 2 rings (SSSR count). The molecule has 7 nitrogen and oxygen atoms in total. The Morgan fingerprint density at radius 2 is 2.35 bits per heavy atom. The lowest BCUT2D eigenvalue weighted by molar-refractivity contribution is 0.270. The molecule has 0 saturated heterocycles. The average Bonchev–Trinajstić information content (AvgIpc) is 3.06. The van der Waals surface area contributed by atoms with E-state index in [1.54, 1.807) is 12.1 Å². The van der Waals surface area contributed by atoms with Gasteiger partial charge >= 0.3 is 0 Å². The summed E-state index contributed by atoms with van der Waals surface area (Å²) in [5.74, 6) is 0.538. The predicted octanol–water partition coefficient (Wildman–Crippen LogP) is 0.986. The Hall–Kier alpha value is -3.03. The fourth-order valence-electron chi connectivity index (χ4n) is 1.70. The minimum Gasteiger partial charge on any atom is -0.464 e. The number of nitrogen functional groups attached to an aromatic ring is 1. The number of aliphatic hydroxyl groups is 1. The van der Waals surface area contributed by atoms with Gasteiger partial charge in [0.05, 0.1) is 25.0 Å². The van der Waals surface area contributed by atoms with E-state index in [4.69, 9.17) is 25.8 Å². The highest BCUT2D eigenvalue weighted by molar-refractivity contribution is 5.88. The topological polar surface area (TPSA) is 125 Å². The molecule has 0 spiro atoms. The molecule has 0 bridgehead atoms. The highest BCUT2D eigenvalue weighted by atomic mass is 16.3. The van der Waals surface area contributed by atoms with Crippen molar-refractivity contribution in [2.45, 2.75) is 6.54 Å². The average molecular weight is 269 g/mol. The number of aliphatic hydroxyl groups excluding tert-OH is 1. The number of nitrogens with zero attached hydrogens (tertiary/aromatic N) is 4. The first-order chi connectivity index (χ1) is 9.71. The summed E-state index contributed by atoms with van der Waals surface area (Å²) in [6.45, 7) is 0.0280. The zero-order chi connectivity index (χ0) is 14.5. The number of nitrogens with two attached hydrogens (primary N) is 1. The van der Waals surface area contributed by atoms with Crippen molar-refractivity contribution in [3.63, 3.8) is 0 Å². The van der Waals surface area contributed by atoms with Crippen LogP contribution in [0.1, 0.15) is 17.0 Å². The summed E-state index contributed by atoms with van der Waals surface area (Å²) < 4.78 is 6.46. The molecule has 2 aromatic rings. The van der Waals surface area contributed by atoms with Gasteiger partial charge in [0.25, 0.3) is 0 Å². The largest absolute Gasteiger partial charge is 0.464 e. The lowest BCUT2D eigenvalue weighted by Gasteiger charge is -1.98. The number of anilines is 1. The molecule has 0 amide bonds. The van der Waals surface area contributed by atoms with Crippen LogP contribution in [0.15, 0.2) is 22.8 Å². The van der Waals surface area contributed by atoms with Gasteiger partial charge in [-0.1, -0.05) is 0 Å². The lowest BCUT2D eigenvalue weighted by Crippen LogP contribution is -2.07. The molecule has 0 unspecified atom stereocenters. The maximum Gasteiger partial charge on any atom is 0.144 e. The standard InChI is InChI=1S/C13H11N5O2/c14-7-9(12-2-1-5-20-12)6-11-10(8-15)13(16)18(17-11)3-4-19/h1-2,5-6,19H,3-4,16H2/b9-6+. The number of furan rings is 1. The zero-order valence-corrected chi connectivity index (χ0v) is 10.4. The SMILES string of the molecule is N#C/C(=C\c1nn(CCO)c(N)c1C#N)c1ccco1. The number of allylic oxidation sites excluding steroid dienone is 1. The first-order valence-corrected chi connectivity index (χ1v) is 5.74. The molecule has 2 aromatic heterocycles. The summed E-state index contributed by atoms with van der Waals surface area (Å²) in [5.41, 5.74) is 6.44. The van der Waals surface area contributed by atoms with Gasteiger partial charge in [-0.25, -0.2) is 4.68 Å². The van der Waals surface area contributed by atoms with Crippen LogP contribution in [-0.4, -0.2) is 21.5 Å². The zero-order valence-electron chi connectivity index (χ0n) is 10.4. The van der Waals surface area contributed by atoms with Crippen molar-refractivity contribution in [3.8, 4) is 12.1 Å². The van der Waals surface area contributed by atoms with E-state index < -0.39 is 0 Å². The van der Waals surface area contributed by atoms with Gasteiger partial charge in [-0.05, 0) is 18.2 Å². The molecule has 20 heavy (non-hydrogen) atoms. The van der Waals surface area contributed by atoms with Crippen LogP contribution in [0.3, 0.4) is 0 Å². The molecule has 0 aliphatic carbocycles. The van der Waals surface area contributed by atoms with Gasteiger partial charge in [0.1, 0.15) is 35.0 Å². The van der Waals surface area contributed by atoms with Crippen molar-refractivity contribution in [2.24, 2.45) is 0 Å². The van der Waals surface area contributed by atoms with E-state index in [1.165, 1.54) is 17.0 Å². The van der Waals surface area contributed by atoms with Gasteiger partial charge in [-0.3, -0.25) is 0 Å². The second-order valence-corrected chi connectivity index (χ2v) is 3.85. The molecule has 2 heterocycles. The highest BCUT2D eigenvalue weighted by Crippen LogP contribution is 2.22. The quantitative estimate of drug-likeness (QED) is 0.797. The van der Waals surface area contributed by atoms with Crippen molar-refractivity contribution in [2.75, 3.05) is 12.3 Å². The smallest absolute Gasteiger partial charge is 0.144 e. The number of hydrogen-bond acceptors (Lipinski definition) is 6. The molecule has 0 fully saturated rings. The fraction of sp³-hybridized carbons (Fsp3) is 0.154. The van der Waals surface area contributed by atoms with Crippen LogP contribution in [0.25, 0.3) is 11.6 Å². The van der Waals surface area contributed by atoms with Crippen molar-refractivity contribution in [1.82, 2.24) is 9.78 Å². The second kappa shape index (κ2) is 5.74. The normalized spacial score (nSPS) is 11.1. The minimum absolute atomic E-state index is 0.150. The molecule has 0 radical (unpaired) electrons. The number of aromatic nitrogens is 2. The molecule has 0 aliphatic rings. The lowest BCUT2D eigenvalue weighted by atomic mass is 10.1. The molecule has 7 heteroatoms. The van der Waals surface area contributed by atoms with Crippen molar-refractivity contribution >= 4 is 17.5 Å². The van der Waals surface area contributed by atoms with Crippen molar-refractivity contribution in [3.05, 3.63) is 35.4 Å². The molecule has 0 atom stereocenters. The summed E-state index contributed by atoms with van der Waals surface area (Å²) in [5, 5.41) is 31.3. The summed E-state index contributed by atoms with van der Waals surface area (Å²) >= 11 is 0.